The molecule has 0 bridgehead atoms. The van der Waals surface area contributed by atoms with Gasteiger partial charge in [0, 0.05) is 12.1 Å². The highest BCUT2D eigenvalue weighted by molar-refractivity contribution is 5.74. The predicted molar refractivity (Wildman–Crippen MR) is 93.3 cm³/mol. The molecule has 1 aromatic carbocycles. The summed E-state index contributed by atoms with van der Waals surface area (Å²) in [6.45, 7) is 0.493. The first-order valence-corrected chi connectivity index (χ1v) is 8.45. The van der Waals surface area contributed by atoms with Crippen molar-refractivity contribution < 1.29 is 29.0 Å². The maximum absolute atomic E-state index is 12.2. The van der Waals surface area contributed by atoms with Gasteiger partial charge in [0.05, 0.1) is 39.5 Å². The Bertz CT molecular complexity index is 795. The minimum absolute atomic E-state index is 0.0499. The molecule has 2 atom stereocenters. The van der Waals surface area contributed by atoms with Crippen molar-refractivity contribution in [2.24, 2.45) is 0 Å². The maximum atomic E-state index is 12.2. The lowest BCUT2D eigenvalue weighted by atomic mass is 10.1. The Hall–Kier alpha value is -2.85. The highest BCUT2D eigenvalue weighted by atomic mass is 16.5. The van der Waals surface area contributed by atoms with Crippen molar-refractivity contribution in [3.8, 4) is 22.9 Å². The summed E-state index contributed by atoms with van der Waals surface area (Å²) in [5.74, 6) is 1.73. The van der Waals surface area contributed by atoms with Crippen LogP contribution in [0.3, 0.4) is 0 Å². The molecule has 27 heavy (non-hydrogen) atoms. The lowest BCUT2D eigenvalue weighted by Crippen LogP contribution is -2.51. The van der Waals surface area contributed by atoms with Crippen LogP contribution in [0.25, 0.3) is 11.4 Å². The third kappa shape index (κ3) is 4.29. The second kappa shape index (κ2) is 8.23. The number of amides is 2. The van der Waals surface area contributed by atoms with Gasteiger partial charge in [-0.25, -0.2) is 4.79 Å². The number of aliphatic hydroxyl groups excluding tert-OH is 2. The number of β-amino-alcohol motifs (C(OH)–C–C–N with tert-alkyl or cyclic N) is 1. The van der Waals surface area contributed by atoms with Gasteiger partial charge in [-0.15, -0.1) is 0 Å². The highest BCUT2D eigenvalue weighted by Gasteiger charge is 2.28. The molecular formula is C17H22N4O6. The first-order chi connectivity index (χ1) is 13.0. The van der Waals surface area contributed by atoms with Crippen LogP contribution in [-0.4, -0.2) is 70.8 Å². The van der Waals surface area contributed by atoms with Crippen LogP contribution in [-0.2, 0) is 6.54 Å². The highest BCUT2D eigenvalue weighted by Crippen LogP contribution is 2.31. The molecule has 10 nitrogen and oxygen atoms in total. The van der Waals surface area contributed by atoms with Gasteiger partial charge in [0.2, 0.25) is 11.7 Å². The molecule has 146 valence electrons. The maximum Gasteiger partial charge on any atom is 0.317 e. The van der Waals surface area contributed by atoms with E-state index in [-0.39, 0.29) is 25.0 Å². The van der Waals surface area contributed by atoms with Crippen LogP contribution in [0.1, 0.15) is 12.3 Å². The lowest BCUT2D eigenvalue weighted by molar-refractivity contribution is -0.0277. The van der Waals surface area contributed by atoms with Gasteiger partial charge in [0.15, 0.2) is 11.5 Å². The molecule has 1 aromatic heterocycles. The molecule has 1 aliphatic rings. The Morgan fingerprint density at radius 2 is 2.07 bits per heavy atom. The number of nitrogens with zero attached hydrogens (tertiary/aromatic N) is 3. The predicted octanol–water partition coefficient (Wildman–Crippen LogP) is 0.391. The number of nitrogens with one attached hydrogen (secondary N) is 1. The number of carbonyl (C=O) groups excluding carboxylic acids is 1. The fourth-order valence-electron chi connectivity index (χ4n) is 2.79. The van der Waals surface area contributed by atoms with Crippen LogP contribution in [0.4, 0.5) is 4.79 Å². The molecule has 10 heteroatoms. The molecule has 1 aliphatic heterocycles. The van der Waals surface area contributed by atoms with E-state index in [1.54, 1.807) is 25.3 Å². The van der Waals surface area contributed by atoms with E-state index in [1.165, 1.54) is 12.0 Å². The first-order valence-electron chi connectivity index (χ1n) is 8.45. The normalized spacial score (nSPS) is 19.6. The van der Waals surface area contributed by atoms with Crippen LogP contribution in [0.5, 0.6) is 11.5 Å². The number of rotatable bonds is 5. The van der Waals surface area contributed by atoms with Crippen LogP contribution in [0, 0.1) is 0 Å². The fraction of sp³-hybridized carbons (Fsp3) is 0.471. The summed E-state index contributed by atoms with van der Waals surface area (Å²) in [4.78, 5) is 17.8. The second-order valence-electron chi connectivity index (χ2n) is 6.11. The van der Waals surface area contributed by atoms with Crippen molar-refractivity contribution in [3.63, 3.8) is 0 Å². The number of urea groups is 1. The number of hydrogen-bond acceptors (Lipinski definition) is 8. The van der Waals surface area contributed by atoms with E-state index in [1.807, 2.05) is 0 Å². The van der Waals surface area contributed by atoms with Crippen molar-refractivity contribution in [3.05, 3.63) is 24.1 Å². The SMILES string of the molecule is COc1ccc(-c2noc(CNC(=O)N3CC[C@H](O)[C@H](O)C3)n2)cc1OC. The number of aromatic nitrogens is 2. The molecule has 2 aromatic rings. The average molecular weight is 378 g/mol. The van der Waals surface area contributed by atoms with Crippen molar-refractivity contribution >= 4 is 6.03 Å². The minimum Gasteiger partial charge on any atom is -0.493 e. The smallest absolute Gasteiger partial charge is 0.317 e. The number of likely N-dealkylation sites (tertiary alicyclic amines) is 1. The zero-order valence-corrected chi connectivity index (χ0v) is 15.1. The Labute approximate surface area is 155 Å². The Morgan fingerprint density at radius 1 is 1.30 bits per heavy atom. The van der Waals surface area contributed by atoms with Crippen molar-refractivity contribution in [2.45, 2.75) is 25.2 Å². The monoisotopic (exact) mass is 378 g/mol. The first kappa shape index (κ1) is 18.9. The summed E-state index contributed by atoms with van der Waals surface area (Å²) in [6.07, 6.45) is -1.41. The molecule has 3 rings (SSSR count). The Balaban J connectivity index is 1.60. The summed E-state index contributed by atoms with van der Waals surface area (Å²) >= 11 is 0. The number of piperidine rings is 1. The van der Waals surface area contributed by atoms with E-state index < -0.39 is 12.2 Å². The molecule has 1 saturated heterocycles. The van der Waals surface area contributed by atoms with E-state index >= 15 is 0 Å². The molecule has 2 heterocycles. The summed E-state index contributed by atoms with van der Waals surface area (Å²) in [7, 11) is 3.09. The number of benzene rings is 1. The van der Waals surface area contributed by atoms with Crippen molar-refractivity contribution in [1.29, 1.82) is 0 Å². The fourth-order valence-corrected chi connectivity index (χ4v) is 2.79. The molecule has 2 amide bonds. The number of carbonyl (C=O) groups is 1. The lowest BCUT2D eigenvalue weighted by Gasteiger charge is -2.33. The quantitative estimate of drug-likeness (QED) is 0.681. The third-order valence-electron chi connectivity index (χ3n) is 4.33. The Kier molecular flexibility index (Phi) is 5.77. The number of ether oxygens (including phenoxy) is 2. The van der Waals surface area contributed by atoms with Gasteiger partial charge in [0.1, 0.15) is 0 Å². The van der Waals surface area contributed by atoms with Gasteiger partial charge in [-0.2, -0.15) is 4.98 Å². The van der Waals surface area contributed by atoms with E-state index in [0.29, 0.717) is 35.9 Å². The molecule has 0 saturated carbocycles. The van der Waals surface area contributed by atoms with E-state index in [0.717, 1.165) is 0 Å². The van der Waals surface area contributed by atoms with E-state index in [9.17, 15) is 15.0 Å². The molecule has 0 radical (unpaired) electrons. The number of aliphatic hydroxyl groups is 2. The molecule has 3 N–H and O–H groups in total. The minimum atomic E-state index is -0.940. The summed E-state index contributed by atoms with van der Waals surface area (Å²) in [6, 6.07) is 4.87. The summed E-state index contributed by atoms with van der Waals surface area (Å²) in [5, 5.41) is 25.7. The van der Waals surface area contributed by atoms with Gasteiger partial charge in [0.25, 0.3) is 0 Å². The van der Waals surface area contributed by atoms with Gasteiger partial charge >= 0.3 is 6.03 Å². The van der Waals surface area contributed by atoms with Crippen molar-refractivity contribution in [1.82, 2.24) is 20.4 Å². The van der Waals surface area contributed by atoms with Gasteiger partial charge in [-0.3, -0.25) is 0 Å². The van der Waals surface area contributed by atoms with Gasteiger partial charge in [-0.1, -0.05) is 5.16 Å². The standard InChI is InChI=1S/C17H22N4O6/c1-25-13-4-3-10(7-14(13)26-2)16-19-15(27-20-16)8-18-17(24)21-6-5-11(22)12(23)9-21/h3-4,7,11-12,22-23H,5-6,8-9H2,1-2H3,(H,18,24)/t11-,12+/m0/s1. The molecular weight excluding hydrogens is 356 g/mol. The van der Waals surface area contributed by atoms with Crippen LogP contribution in [0.15, 0.2) is 22.7 Å². The number of hydrogen-bond donors (Lipinski definition) is 3. The molecule has 0 unspecified atom stereocenters. The zero-order valence-electron chi connectivity index (χ0n) is 15.1. The number of methoxy groups -OCH3 is 2. The molecule has 0 aliphatic carbocycles. The topological polar surface area (TPSA) is 130 Å². The molecule has 0 spiro atoms. The Morgan fingerprint density at radius 3 is 2.78 bits per heavy atom. The zero-order chi connectivity index (χ0) is 19.4. The largest absolute Gasteiger partial charge is 0.493 e. The van der Waals surface area contributed by atoms with Crippen molar-refractivity contribution in [2.75, 3.05) is 27.3 Å². The van der Waals surface area contributed by atoms with Crippen LogP contribution in [0.2, 0.25) is 0 Å². The molecule has 1 fully saturated rings. The van der Waals surface area contributed by atoms with Crippen LogP contribution < -0.4 is 14.8 Å². The second-order valence-corrected chi connectivity index (χ2v) is 6.11. The van der Waals surface area contributed by atoms with Gasteiger partial charge < -0.3 is 34.4 Å². The van der Waals surface area contributed by atoms with Gasteiger partial charge in [-0.05, 0) is 24.6 Å². The van der Waals surface area contributed by atoms with E-state index in [2.05, 4.69) is 15.5 Å². The summed E-state index contributed by atoms with van der Waals surface area (Å²) < 4.78 is 15.6. The van der Waals surface area contributed by atoms with E-state index in [4.69, 9.17) is 14.0 Å². The van der Waals surface area contributed by atoms with Crippen LogP contribution >= 0.6 is 0 Å². The average Bonchev–Trinajstić information content (AvgIpc) is 3.16. The third-order valence-corrected chi connectivity index (χ3v) is 4.33. The summed E-state index contributed by atoms with van der Waals surface area (Å²) in [5.41, 5.74) is 0.683.